The van der Waals surface area contributed by atoms with Crippen molar-refractivity contribution in [3.05, 3.63) is 42.6 Å². The molecule has 178 valence electrons. The number of anilines is 1. The van der Waals surface area contributed by atoms with Crippen molar-refractivity contribution in [3.8, 4) is 17.7 Å². The van der Waals surface area contributed by atoms with Gasteiger partial charge in [-0.25, -0.2) is 4.98 Å². The SMILES string of the molecule is CC(C)(C)C#Cc1cnc2cc(N3CCOCC3)nc(O[C@H]3CC[C@@H](n4ccnc4)CC3)c2c1. The number of hydrogen-bond donors (Lipinski definition) is 0. The summed E-state index contributed by atoms with van der Waals surface area (Å²) in [4.78, 5) is 16.2. The Morgan fingerprint density at radius 3 is 2.59 bits per heavy atom. The van der Waals surface area contributed by atoms with Crippen molar-refractivity contribution >= 4 is 16.7 Å². The smallest absolute Gasteiger partial charge is 0.225 e. The van der Waals surface area contributed by atoms with Crippen molar-refractivity contribution < 1.29 is 9.47 Å². The molecule has 34 heavy (non-hydrogen) atoms. The molecule has 7 heteroatoms. The summed E-state index contributed by atoms with van der Waals surface area (Å²) in [6.45, 7) is 9.40. The zero-order chi connectivity index (χ0) is 23.5. The van der Waals surface area contributed by atoms with Crippen LogP contribution in [0, 0.1) is 17.3 Å². The number of rotatable bonds is 4. The van der Waals surface area contributed by atoms with Crippen molar-refractivity contribution in [2.75, 3.05) is 31.2 Å². The Balaban J connectivity index is 1.43. The Morgan fingerprint density at radius 2 is 1.88 bits per heavy atom. The van der Waals surface area contributed by atoms with Crippen molar-refractivity contribution in [3.63, 3.8) is 0 Å². The molecular formula is C27H33N5O2. The van der Waals surface area contributed by atoms with E-state index in [1.165, 1.54) is 0 Å². The normalized spacial score (nSPS) is 21.2. The lowest BCUT2D eigenvalue weighted by Gasteiger charge is -2.31. The van der Waals surface area contributed by atoms with Gasteiger partial charge in [0, 0.05) is 54.8 Å². The Hall–Kier alpha value is -3.11. The molecule has 0 unspecified atom stereocenters. The number of aromatic nitrogens is 4. The molecule has 3 aromatic rings. The van der Waals surface area contributed by atoms with Crippen LogP contribution in [0.3, 0.4) is 0 Å². The fraction of sp³-hybridized carbons (Fsp3) is 0.519. The molecule has 0 spiro atoms. The Labute approximate surface area is 201 Å². The third-order valence-corrected chi connectivity index (χ3v) is 6.42. The molecule has 1 saturated heterocycles. The van der Waals surface area contributed by atoms with Gasteiger partial charge in [0.1, 0.15) is 11.9 Å². The molecular weight excluding hydrogens is 426 g/mol. The number of pyridine rings is 2. The molecule has 1 aliphatic carbocycles. The van der Waals surface area contributed by atoms with Crippen LogP contribution in [0.4, 0.5) is 5.82 Å². The van der Waals surface area contributed by atoms with Crippen LogP contribution in [0.5, 0.6) is 5.88 Å². The molecule has 7 nitrogen and oxygen atoms in total. The molecule has 0 N–H and O–H groups in total. The van der Waals surface area contributed by atoms with E-state index >= 15 is 0 Å². The highest BCUT2D eigenvalue weighted by molar-refractivity contribution is 5.87. The number of ether oxygens (including phenoxy) is 2. The summed E-state index contributed by atoms with van der Waals surface area (Å²) >= 11 is 0. The fourth-order valence-electron chi connectivity index (χ4n) is 4.56. The van der Waals surface area contributed by atoms with Gasteiger partial charge in [0.25, 0.3) is 0 Å². The monoisotopic (exact) mass is 459 g/mol. The molecule has 0 radical (unpaired) electrons. The van der Waals surface area contributed by atoms with Crippen LogP contribution in [0.15, 0.2) is 37.1 Å². The van der Waals surface area contributed by atoms with Gasteiger partial charge < -0.3 is 18.9 Å². The molecule has 0 amide bonds. The number of hydrogen-bond acceptors (Lipinski definition) is 6. The second-order valence-electron chi connectivity index (χ2n) is 10.2. The number of fused-ring (bicyclic) bond motifs is 1. The lowest BCUT2D eigenvalue weighted by molar-refractivity contribution is 0.121. The lowest BCUT2D eigenvalue weighted by atomic mass is 9.93. The first kappa shape index (κ1) is 22.7. The Morgan fingerprint density at radius 1 is 1.09 bits per heavy atom. The van der Waals surface area contributed by atoms with E-state index in [9.17, 15) is 0 Å². The maximum Gasteiger partial charge on any atom is 0.225 e. The van der Waals surface area contributed by atoms with Crippen LogP contribution in [-0.4, -0.2) is 51.9 Å². The molecule has 0 atom stereocenters. The predicted molar refractivity (Wildman–Crippen MR) is 133 cm³/mol. The summed E-state index contributed by atoms with van der Waals surface area (Å²) < 4.78 is 14.3. The summed E-state index contributed by atoms with van der Waals surface area (Å²) in [7, 11) is 0. The van der Waals surface area contributed by atoms with E-state index in [0.29, 0.717) is 25.1 Å². The highest BCUT2D eigenvalue weighted by Gasteiger charge is 2.25. The molecule has 1 aliphatic heterocycles. The predicted octanol–water partition coefficient (Wildman–Crippen LogP) is 4.62. The van der Waals surface area contributed by atoms with Gasteiger partial charge in [0.2, 0.25) is 5.88 Å². The topological polar surface area (TPSA) is 65.3 Å². The summed E-state index contributed by atoms with van der Waals surface area (Å²) in [5.74, 6) is 8.15. The van der Waals surface area contributed by atoms with E-state index in [1.54, 1.807) is 0 Å². The van der Waals surface area contributed by atoms with Crippen LogP contribution in [0.25, 0.3) is 10.9 Å². The lowest BCUT2D eigenvalue weighted by Crippen LogP contribution is -2.36. The number of morpholine rings is 1. The maximum atomic E-state index is 6.58. The van der Waals surface area contributed by atoms with E-state index in [-0.39, 0.29) is 11.5 Å². The second kappa shape index (κ2) is 9.63. The molecule has 0 bridgehead atoms. The van der Waals surface area contributed by atoms with E-state index in [2.05, 4.69) is 65.4 Å². The van der Waals surface area contributed by atoms with E-state index in [1.807, 2.05) is 18.7 Å². The van der Waals surface area contributed by atoms with Gasteiger partial charge in [0.05, 0.1) is 30.4 Å². The quantitative estimate of drug-likeness (QED) is 0.531. The third kappa shape index (κ3) is 5.34. The summed E-state index contributed by atoms with van der Waals surface area (Å²) in [6.07, 6.45) is 11.9. The average Bonchev–Trinajstić information content (AvgIpc) is 3.38. The van der Waals surface area contributed by atoms with Gasteiger partial charge in [-0.2, -0.15) is 4.98 Å². The second-order valence-corrected chi connectivity index (χ2v) is 10.2. The summed E-state index contributed by atoms with van der Waals surface area (Å²) in [5, 5.41) is 0.925. The van der Waals surface area contributed by atoms with Crippen LogP contribution < -0.4 is 9.64 Å². The minimum absolute atomic E-state index is 0.0688. The van der Waals surface area contributed by atoms with E-state index < -0.39 is 0 Å². The largest absolute Gasteiger partial charge is 0.474 e. The van der Waals surface area contributed by atoms with E-state index in [0.717, 1.165) is 61.1 Å². The molecule has 5 rings (SSSR count). The highest BCUT2D eigenvalue weighted by atomic mass is 16.5. The number of imidazole rings is 1. The van der Waals surface area contributed by atoms with Crippen molar-refractivity contribution in [1.82, 2.24) is 19.5 Å². The molecule has 1 saturated carbocycles. The standard InChI is InChI=1S/C27H33N5O2/c1-27(2,3)9-8-20-16-23-24(29-18-20)17-25(31-12-14-33-15-13-31)30-26(23)34-22-6-4-21(5-7-22)32-11-10-28-19-32/h10-11,16-19,21-22H,4-7,12-15H2,1-3H3/t21-,22+. The maximum absolute atomic E-state index is 6.58. The van der Waals surface area contributed by atoms with Gasteiger partial charge in [-0.1, -0.05) is 11.8 Å². The summed E-state index contributed by atoms with van der Waals surface area (Å²) in [5.41, 5.74) is 1.71. The van der Waals surface area contributed by atoms with Gasteiger partial charge >= 0.3 is 0 Å². The Kier molecular flexibility index (Phi) is 6.42. The molecule has 4 heterocycles. The van der Waals surface area contributed by atoms with E-state index in [4.69, 9.17) is 19.4 Å². The zero-order valence-corrected chi connectivity index (χ0v) is 20.3. The molecule has 3 aromatic heterocycles. The van der Waals surface area contributed by atoms with Crippen molar-refractivity contribution in [2.45, 2.75) is 58.6 Å². The van der Waals surface area contributed by atoms with Crippen LogP contribution in [0.2, 0.25) is 0 Å². The Bertz CT molecular complexity index is 1180. The molecule has 2 fully saturated rings. The van der Waals surface area contributed by atoms with Crippen molar-refractivity contribution in [2.24, 2.45) is 5.41 Å². The molecule has 0 aromatic carbocycles. The first-order chi connectivity index (χ1) is 16.4. The average molecular weight is 460 g/mol. The fourth-order valence-corrected chi connectivity index (χ4v) is 4.56. The van der Waals surface area contributed by atoms with Crippen LogP contribution >= 0.6 is 0 Å². The summed E-state index contributed by atoms with van der Waals surface area (Å²) in [6, 6.07) is 4.63. The minimum atomic E-state index is -0.0688. The number of nitrogens with zero attached hydrogens (tertiary/aromatic N) is 5. The zero-order valence-electron chi connectivity index (χ0n) is 20.3. The van der Waals surface area contributed by atoms with Gasteiger partial charge in [-0.15, -0.1) is 0 Å². The highest BCUT2D eigenvalue weighted by Crippen LogP contribution is 2.34. The first-order valence-electron chi connectivity index (χ1n) is 12.3. The van der Waals surface area contributed by atoms with Crippen LogP contribution in [-0.2, 0) is 4.74 Å². The molecule has 2 aliphatic rings. The van der Waals surface area contributed by atoms with Crippen LogP contribution in [0.1, 0.15) is 58.1 Å². The van der Waals surface area contributed by atoms with Gasteiger partial charge in [-0.3, -0.25) is 4.98 Å². The first-order valence-corrected chi connectivity index (χ1v) is 12.3. The van der Waals surface area contributed by atoms with Gasteiger partial charge in [0.15, 0.2) is 0 Å². The third-order valence-electron chi connectivity index (χ3n) is 6.42. The van der Waals surface area contributed by atoms with Gasteiger partial charge in [-0.05, 0) is 52.5 Å². The van der Waals surface area contributed by atoms with Crippen molar-refractivity contribution in [1.29, 1.82) is 0 Å². The minimum Gasteiger partial charge on any atom is -0.474 e.